The van der Waals surface area contributed by atoms with Gasteiger partial charge in [0.2, 0.25) is 0 Å². The Balaban J connectivity index is 1.09. The van der Waals surface area contributed by atoms with E-state index >= 15 is 0 Å². The van der Waals surface area contributed by atoms with Crippen LogP contribution in [-0.4, -0.2) is 18.0 Å². The average Bonchev–Trinajstić information content (AvgIpc) is 3.91. The van der Waals surface area contributed by atoms with Crippen LogP contribution < -0.4 is 10.4 Å². The third kappa shape index (κ3) is 4.75. The molecular weight excluding hydrogens is 785 g/mol. The van der Waals surface area contributed by atoms with Crippen LogP contribution in [0.5, 0.6) is 0 Å². The summed E-state index contributed by atoms with van der Waals surface area (Å²) in [6.07, 6.45) is 6.86. The van der Waals surface area contributed by atoms with Crippen molar-refractivity contribution in [2.24, 2.45) is 23.7 Å². The number of thiophene rings is 1. The van der Waals surface area contributed by atoms with Gasteiger partial charge in [0.1, 0.15) is 8.07 Å². The van der Waals surface area contributed by atoms with Gasteiger partial charge in [0.25, 0.3) is 0 Å². The predicted molar refractivity (Wildman–Crippen MR) is 262 cm³/mol. The molecule has 4 saturated carbocycles. The van der Waals surface area contributed by atoms with Crippen LogP contribution in [-0.2, 0) is 5.41 Å². The molecule has 15 rings (SSSR count). The standard InChI is InChI=1S/C58H46N2SSi/c1-62(2)50-22-11-8-17-43(50)46-33-38(23-26-51(46)62)42-24-25-48-52(44-18-6-9-20-47(44)58(48)40-28-34-27-35(30-40)31-41(58)29-34)53(42)57-59-54(56-55(60-57)45-19-7-10-21-49(45)61-56)39-16-12-15-37(32-39)36-13-4-3-5-14-36/h3-26,32-35,40-41H,27-31H2,1-2H3. The minimum atomic E-state index is -1.84. The van der Waals surface area contributed by atoms with Crippen LogP contribution in [0.3, 0.4) is 0 Å². The summed E-state index contributed by atoms with van der Waals surface area (Å²) in [5.41, 5.74) is 18.0. The molecule has 4 bridgehead atoms. The number of fused-ring (bicyclic) bond motifs is 9. The fourth-order valence-corrected chi connectivity index (χ4v) is 18.2. The fraction of sp³-hybridized carbons (Fsp3) is 0.207. The Morgan fingerprint density at radius 1 is 0.500 bits per heavy atom. The van der Waals surface area contributed by atoms with Crippen molar-refractivity contribution >= 4 is 50.1 Å². The average molecular weight is 831 g/mol. The van der Waals surface area contributed by atoms with Gasteiger partial charge in [-0.2, -0.15) is 0 Å². The monoisotopic (exact) mass is 830 g/mol. The van der Waals surface area contributed by atoms with E-state index in [1.165, 1.54) is 103 Å². The summed E-state index contributed by atoms with van der Waals surface area (Å²) in [7, 11) is -1.84. The molecule has 0 atom stereocenters. The van der Waals surface area contributed by atoms with E-state index in [1.807, 2.05) is 11.3 Å². The highest BCUT2D eigenvalue weighted by atomic mass is 32.1. The van der Waals surface area contributed by atoms with Gasteiger partial charge in [0.05, 0.1) is 15.9 Å². The number of rotatable bonds is 4. The summed E-state index contributed by atoms with van der Waals surface area (Å²) in [5.74, 6) is 3.94. The van der Waals surface area contributed by atoms with E-state index < -0.39 is 8.07 Å². The lowest BCUT2D eigenvalue weighted by atomic mass is 9.43. The number of hydrogen-bond donors (Lipinski definition) is 0. The molecule has 4 heteroatoms. The summed E-state index contributed by atoms with van der Waals surface area (Å²) in [6.45, 7) is 5.03. The third-order valence-electron chi connectivity index (χ3n) is 16.3. The Kier molecular flexibility index (Phi) is 7.36. The van der Waals surface area contributed by atoms with Crippen molar-refractivity contribution in [1.82, 2.24) is 9.97 Å². The molecule has 4 fully saturated rings. The maximum atomic E-state index is 5.87. The van der Waals surface area contributed by atoms with Crippen LogP contribution in [0.4, 0.5) is 0 Å². The van der Waals surface area contributed by atoms with Crippen molar-refractivity contribution < 1.29 is 0 Å². The maximum absolute atomic E-state index is 5.87. The van der Waals surface area contributed by atoms with Gasteiger partial charge in [-0.15, -0.1) is 11.3 Å². The van der Waals surface area contributed by atoms with Crippen LogP contribution in [0.25, 0.3) is 87.5 Å². The molecule has 298 valence electrons. The first-order chi connectivity index (χ1) is 30.4. The molecule has 0 radical (unpaired) electrons. The molecule has 2 aromatic heterocycles. The van der Waals surface area contributed by atoms with E-state index in [0.717, 1.165) is 39.1 Å². The van der Waals surface area contributed by atoms with Crippen molar-refractivity contribution in [3.63, 3.8) is 0 Å². The Morgan fingerprint density at radius 2 is 1.19 bits per heavy atom. The van der Waals surface area contributed by atoms with Gasteiger partial charge in [0.15, 0.2) is 5.82 Å². The SMILES string of the molecule is C[Si]1(C)c2ccccc2-c2cc(-c3ccc4c(c3-c3nc(-c5cccc(-c6ccccc6)c5)c5sc6ccccc6c5n3)-c3ccccc3C43C4CC5CC(C4)CC3C5)ccc21. The molecule has 7 aromatic carbocycles. The second kappa shape index (κ2) is 12.8. The molecule has 0 saturated heterocycles. The highest BCUT2D eigenvalue weighted by Crippen LogP contribution is 2.70. The minimum absolute atomic E-state index is 0.0329. The van der Waals surface area contributed by atoms with Gasteiger partial charge in [-0.25, -0.2) is 9.97 Å². The number of benzene rings is 7. The molecule has 62 heavy (non-hydrogen) atoms. The van der Waals surface area contributed by atoms with E-state index in [-0.39, 0.29) is 5.41 Å². The Bertz CT molecular complexity index is 3330. The zero-order chi connectivity index (χ0) is 40.9. The molecule has 1 aliphatic heterocycles. The van der Waals surface area contributed by atoms with E-state index in [4.69, 9.17) is 9.97 Å². The zero-order valence-electron chi connectivity index (χ0n) is 35.2. The summed E-state index contributed by atoms with van der Waals surface area (Å²) in [6, 6.07) is 59.8. The Labute approximate surface area is 368 Å². The summed E-state index contributed by atoms with van der Waals surface area (Å²) >= 11 is 1.82. The second-order valence-electron chi connectivity index (χ2n) is 19.7. The fourth-order valence-electron chi connectivity index (χ4n) is 14.0. The van der Waals surface area contributed by atoms with Crippen molar-refractivity contribution in [1.29, 1.82) is 0 Å². The van der Waals surface area contributed by atoms with Crippen molar-refractivity contribution in [3.8, 4) is 67.2 Å². The lowest BCUT2D eigenvalue weighted by Crippen LogP contribution is -2.55. The van der Waals surface area contributed by atoms with Crippen molar-refractivity contribution in [2.45, 2.75) is 50.6 Å². The number of aromatic nitrogens is 2. The quantitative estimate of drug-likeness (QED) is 0.165. The Morgan fingerprint density at radius 3 is 2.03 bits per heavy atom. The molecule has 2 nitrogen and oxygen atoms in total. The molecule has 0 N–H and O–H groups in total. The van der Waals surface area contributed by atoms with Gasteiger partial charge in [-0.3, -0.25) is 0 Å². The van der Waals surface area contributed by atoms with Gasteiger partial charge in [-0.1, -0.05) is 153 Å². The summed E-state index contributed by atoms with van der Waals surface area (Å²) in [4.78, 5) is 11.7. The minimum Gasteiger partial charge on any atom is -0.226 e. The van der Waals surface area contributed by atoms with E-state index in [1.54, 1.807) is 10.8 Å². The van der Waals surface area contributed by atoms with Crippen molar-refractivity contribution in [3.05, 3.63) is 169 Å². The highest BCUT2D eigenvalue weighted by molar-refractivity contribution is 7.26. The summed E-state index contributed by atoms with van der Waals surface area (Å²) < 4.78 is 2.39. The lowest BCUT2D eigenvalue weighted by molar-refractivity contribution is -0.0399. The van der Waals surface area contributed by atoms with E-state index in [0.29, 0.717) is 11.8 Å². The van der Waals surface area contributed by atoms with E-state index in [9.17, 15) is 0 Å². The molecule has 0 unspecified atom stereocenters. The maximum Gasteiger partial charge on any atom is 0.161 e. The van der Waals surface area contributed by atoms with Crippen LogP contribution in [0.15, 0.2) is 158 Å². The van der Waals surface area contributed by atoms with Crippen LogP contribution >= 0.6 is 11.3 Å². The van der Waals surface area contributed by atoms with E-state index in [2.05, 4.69) is 171 Å². The van der Waals surface area contributed by atoms with Crippen LogP contribution in [0, 0.1) is 23.7 Å². The molecule has 1 spiro atoms. The highest BCUT2D eigenvalue weighted by Gasteiger charge is 2.62. The van der Waals surface area contributed by atoms with Gasteiger partial charge in [-0.05, 0) is 140 Å². The topological polar surface area (TPSA) is 25.8 Å². The predicted octanol–water partition coefficient (Wildman–Crippen LogP) is 14.0. The molecular formula is C58H46N2SSi. The number of nitrogens with zero attached hydrogens (tertiary/aromatic N) is 2. The normalized spacial score (nSPS) is 23.2. The van der Waals surface area contributed by atoms with Crippen molar-refractivity contribution in [2.75, 3.05) is 0 Å². The molecule has 9 aromatic rings. The smallest absolute Gasteiger partial charge is 0.161 e. The van der Waals surface area contributed by atoms with Crippen LogP contribution in [0.2, 0.25) is 13.1 Å². The third-order valence-corrected chi connectivity index (χ3v) is 21.0. The summed E-state index contributed by atoms with van der Waals surface area (Å²) in [5, 5.41) is 4.27. The lowest BCUT2D eigenvalue weighted by Gasteiger charge is -2.61. The largest absolute Gasteiger partial charge is 0.226 e. The molecule has 5 aliphatic carbocycles. The molecule has 3 heterocycles. The molecule has 0 amide bonds. The molecule has 6 aliphatic rings. The van der Waals surface area contributed by atoms with Gasteiger partial charge < -0.3 is 0 Å². The first-order valence-electron chi connectivity index (χ1n) is 22.8. The van der Waals surface area contributed by atoms with Gasteiger partial charge in [0, 0.05) is 26.6 Å². The first kappa shape index (κ1) is 35.6. The zero-order valence-corrected chi connectivity index (χ0v) is 37.0. The second-order valence-corrected chi connectivity index (χ2v) is 25.1. The number of hydrogen-bond acceptors (Lipinski definition) is 3. The van der Waals surface area contributed by atoms with Crippen LogP contribution in [0.1, 0.15) is 43.2 Å². The van der Waals surface area contributed by atoms with Gasteiger partial charge >= 0.3 is 0 Å². The Hall–Kier alpha value is -5.94. The first-order valence-corrected chi connectivity index (χ1v) is 26.6.